The van der Waals surface area contributed by atoms with Crippen molar-refractivity contribution < 1.29 is 34.2 Å². The van der Waals surface area contributed by atoms with E-state index in [9.17, 15) is 29.1 Å². The Hall–Kier alpha value is -3.16. The predicted octanol–water partition coefficient (Wildman–Crippen LogP) is -2.72. The van der Waals surface area contributed by atoms with E-state index < -0.39 is 60.4 Å². The Morgan fingerprint density at radius 3 is 1.97 bits per heavy atom. The van der Waals surface area contributed by atoms with Crippen molar-refractivity contribution in [2.24, 2.45) is 11.5 Å². The van der Waals surface area contributed by atoms with Gasteiger partial charge in [-0.15, -0.1) is 0 Å². The second-order valence-electron chi connectivity index (χ2n) is 7.19. The van der Waals surface area contributed by atoms with Crippen LogP contribution >= 0.6 is 12.6 Å². The molecule has 0 aliphatic heterocycles. The molecular weight excluding hydrogens is 454 g/mol. The molecule has 13 heteroatoms. The average molecular weight is 484 g/mol. The molecule has 1 aromatic carbocycles. The summed E-state index contributed by atoms with van der Waals surface area (Å²) in [5.74, 6) is -4.50. The zero-order valence-electron chi connectivity index (χ0n) is 17.8. The molecule has 0 aliphatic rings. The van der Waals surface area contributed by atoms with Crippen molar-refractivity contribution in [2.75, 3.05) is 12.4 Å². The molecule has 0 aromatic heterocycles. The van der Waals surface area contributed by atoms with Crippen molar-refractivity contribution in [3.63, 3.8) is 0 Å². The van der Waals surface area contributed by atoms with Crippen LogP contribution in [0.2, 0.25) is 0 Å². The van der Waals surface area contributed by atoms with Gasteiger partial charge in [0.05, 0.1) is 12.6 Å². The Morgan fingerprint density at radius 1 is 0.909 bits per heavy atom. The van der Waals surface area contributed by atoms with E-state index in [4.69, 9.17) is 16.6 Å². The topological polar surface area (TPSA) is 214 Å². The third-order valence-corrected chi connectivity index (χ3v) is 4.93. The van der Waals surface area contributed by atoms with Gasteiger partial charge in [-0.25, -0.2) is 4.79 Å². The van der Waals surface area contributed by atoms with E-state index in [1.54, 1.807) is 30.3 Å². The fourth-order valence-electron chi connectivity index (χ4n) is 2.69. The highest BCUT2D eigenvalue weighted by molar-refractivity contribution is 7.80. The van der Waals surface area contributed by atoms with Crippen LogP contribution in [0.25, 0.3) is 0 Å². The van der Waals surface area contributed by atoms with Gasteiger partial charge in [-0.1, -0.05) is 30.3 Å². The third-order valence-electron chi connectivity index (χ3n) is 4.57. The van der Waals surface area contributed by atoms with Crippen LogP contribution in [0.5, 0.6) is 0 Å². The van der Waals surface area contributed by atoms with E-state index in [-0.39, 0.29) is 25.0 Å². The van der Waals surface area contributed by atoms with E-state index in [0.29, 0.717) is 5.56 Å². The Labute approximate surface area is 195 Å². The van der Waals surface area contributed by atoms with Gasteiger partial charge in [0.15, 0.2) is 0 Å². The number of primary amides is 1. The molecule has 182 valence electrons. The van der Waals surface area contributed by atoms with Crippen LogP contribution in [0, 0.1) is 0 Å². The second kappa shape index (κ2) is 14.1. The molecule has 4 atom stereocenters. The van der Waals surface area contributed by atoms with Gasteiger partial charge < -0.3 is 37.6 Å². The smallest absolute Gasteiger partial charge is 0.328 e. The van der Waals surface area contributed by atoms with E-state index in [1.165, 1.54) is 0 Å². The van der Waals surface area contributed by atoms with Crippen LogP contribution in [-0.4, -0.2) is 76.3 Å². The minimum atomic E-state index is -1.56. The number of carbonyl (C=O) groups is 5. The summed E-state index contributed by atoms with van der Waals surface area (Å²) in [4.78, 5) is 59.7. The minimum Gasteiger partial charge on any atom is -0.480 e. The molecule has 0 aliphatic carbocycles. The largest absolute Gasteiger partial charge is 0.480 e. The standard InChI is InChI=1S/C20H29N5O7S/c21-12(6-7-16(22)27)17(28)25-15(10-33)19(30)23-13(8-11-4-2-1-3-5-11)18(29)24-14(9-26)20(31)32/h1-5,12-15,26,33H,6-10,21H2,(H2,22,27)(H,23,30)(H,24,29)(H,25,28)(H,31,32). The van der Waals surface area contributed by atoms with Crippen molar-refractivity contribution in [2.45, 2.75) is 43.4 Å². The lowest BCUT2D eigenvalue weighted by molar-refractivity contribution is -0.143. The van der Waals surface area contributed by atoms with Gasteiger partial charge in [0.25, 0.3) is 0 Å². The SMILES string of the molecule is NC(=O)CCC(N)C(=O)NC(CS)C(=O)NC(Cc1ccccc1)C(=O)NC(CO)C(=O)O. The number of rotatable bonds is 14. The number of carbonyl (C=O) groups excluding carboxylic acids is 4. The highest BCUT2D eigenvalue weighted by Gasteiger charge is 2.29. The van der Waals surface area contributed by atoms with Crippen molar-refractivity contribution in [3.8, 4) is 0 Å². The number of aliphatic hydroxyl groups is 1. The summed E-state index contributed by atoms with van der Waals surface area (Å²) in [6, 6.07) is 3.61. The van der Waals surface area contributed by atoms with Crippen molar-refractivity contribution in [1.82, 2.24) is 16.0 Å². The van der Waals surface area contributed by atoms with Gasteiger partial charge in [-0.2, -0.15) is 12.6 Å². The Kier molecular flexibility index (Phi) is 11.9. The first kappa shape index (κ1) is 27.9. The monoisotopic (exact) mass is 483 g/mol. The summed E-state index contributed by atoms with van der Waals surface area (Å²) >= 11 is 4.05. The highest BCUT2D eigenvalue weighted by Crippen LogP contribution is 2.05. The lowest BCUT2D eigenvalue weighted by Crippen LogP contribution is -2.58. The molecule has 1 aromatic rings. The van der Waals surface area contributed by atoms with Crippen molar-refractivity contribution in [3.05, 3.63) is 35.9 Å². The first-order chi connectivity index (χ1) is 15.6. The summed E-state index contributed by atoms with van der Waals surface area (Å²) in [6.07, 6.45) is -0.109. The molecule has 33 heavy (non-hydrogen) atoms. The molecule has 12 nitrogen and oxygen atoms in total. The van der Waals surface area contributed by atoms with Crippen LogP contribution in [-0.2, 0) is 30.4 Å². The quantitative estimate of drug-likeness (QED) is 0.130. The van der Waals surface area contributed by atoms with Gasteiger partial charge in [-0.3, -0.25) is 19.2 Å². The molecule has 0 radical (unpaired) electrons. The third kappa shape index (κ3) is 9.89. The molecule has 0 bridgehead atoms. The summed E-state index contributed by atoms with van der Waals surface area (Å²) in [7, 11) is 0. The number of hydrogen-bond acceptors (Lipinski definition) is 8. The van der Waals surface area contributed by atoms with Gasteiger partial charge >= 0.3 is 5.97 Å². The summed E-state index contributed by atoms with van der Waals surface area (Å²) in [5, 5.41) is 25.3. The number of benzene rings is 1. The molecule has 0 saturated heterocycles. The summed E-state index contributed by atoms with van der Waals surface area (Å²) < 4.78 is 0. The molecule has 0 fully saturated rings. The maximum Gasteiger partial charge on any atom is 0.328 e. The Morgan fingerprint density at radius 2 is 1.45 bits per heavy atom. The number of carboxylic acids is 1. The lowest BCUT2D eigenvalue weighted by atomic mass is 10.0. The number of thiol groups is 1. The van der Waals surface area contributed by atoms with Crippen molar-refractivity contribution in [1.29, 1.82) is 0 Å². The Balaban J connectivity index is 2.92. The first-order valence-electron chi connectivity index (χ1n) is 10.0. The molecular formula is C20H29N5O7S. The molecule has 0 spiro atoms. The van der Waals surface area contributed by atoms with E-state index in [1.807, 2.05) is 0 Å². The van der Waals surface area contributed by atoms with Crippen LogP contribution < -0.4 is 27.4 Å². The zero-order valence-corrected chi connectivity index (χ0v) is 18.7. The number of aliphatic carboxylic acids is 1. The number of carboxylic acid groups (broad SMARTS) is 1. The van der Waals surface area contributed by atoms with E-state index in [0.717, 1.165) is 0 Å². The minimum absolute atomic E-state index is 0.0150. The fourth-order valence-corrected chi connectivity index (χ4v) is 2.95. The summed E-state index contributed by atoms with van der Waals surface area (Å²) in [5.41, 5.74) is 11.4. The normalized spacial score (nSPS) is 14.3. The van der Waals surface area contributed by atoms with Crippen molar-refractivity contribution >= 4 is 42.2 Å². The van der Waals surface area contributed by atoms with Gasteiger partial charge in [0, 0.05) is 18.6 Å². The number of aliphatic hydroxyl groups excluding tert-OH is 1. The highest BCUT2D eigenvalue weighted by atomic mass is 32.1. The maximum absolute atomic E-state index is 12.8. The number of nitrogens with two attached hydrogens (primary N) is 2. The van der Waals surface area contributed by atoms with Gasteiger partial charge in [0.1, 0.15) is 18.1 Å². The molecule has 0 heterocycles. The number of amides is 4. The summed E-state index contributed by atoms with van der Waals surface area (Å²) in [6.45, 7) is -0.842. The maximum atomic E-state index is 12.8. The molecule has 0 saturated carbocycles. The molecule has 4 amide bonds. The Bertz CT molecular complexity index is 839. The van der Waals surface area contributed by atoms with Crippen LogP contribution in [0.1, 0.15) is 18.4 Å². The van der Waals surface area contributed by atoms with Crippen LogP contribution in [0.4, 0.5) is 0 Å². The van der Waals surface area contributed by atoms with Gasteiger partial charge in [-0.05, 0) is 12.0 Å². The molecule has 1 rings (SSSR count). The first-order valence-corrected chi connectivity index (χ1v) is 10.7. The van der Waals surface area contributed by atoms with E-state index >= 15 is 0 Å². The average Bonchev–Trinajstić information content (AvgIpc) is 2.78. The zero-order chi connectivity index (χ0) is 25.0. The van der Waals surface area contributed by atoms with Crippen LogP contribution in [0.3, 0.4) is 0 Å². The van der Waals surface area contributed by atoms with Gasteiger partial charge in [0.2, 0.25) is 23.6 Å². The second-order valence-corrected chi connectivity index (χ2v) is 7.55. The van der Waals surface area contributed by atoms with Crippen LogP contribution in [0.15, 0.2) is 30.3 Å². The molecule has 4 unspecified atom stereocenters. The molecule has 9 N–H and O–H groups in total. The lowest BCUT2D eigenvalue weighted by Gasteiger charge is -2.24. The number of hydrogen-bond donors (Lipinski definition) is 8. The number of nitrogens with one attached hydrogen (secondary N) is 3. The predicted molar refractivity (Wildman–Crippen MR) is 121 cm³/mol. The van der Waals surface area contributed by atoms with E-state index in [2.05, 4.69) is 28.6 Å². The fraction of sp³-hybridized carbons (Fsp3) is 0.450.